The maximum atomic E-state index is 3.94. The van der Waals surface area contributed by atoms with E-state index in [0.717, 1.165) is 6.54 Å². The first-order valence-corrected chi connectivity index (χ1v) is 24.2. The molecule has 0 radical (unpaired) electrons. The van der Waals surface area contributed by atoms with E-state index in [0.29, 0.717) is 0 Å². The molecular formula is C48H101NO. The third-order valence-corrected chi connectivity index (χ3v) is 11.6. The fraction of sp³-hybridized carbons (Fsp3) is 1.00. The standard InChI is InChI=1S/C48H99N.H2O/c1-2-3-4-5-6-7-8-9-10-11-12-13-14-15-16-17-18-19-20-21-22-23-24-25-26-27-28-29-30-31-32-33-34-35-36-37-38-39-40-41-42-43-44-45-46-47-48-49;/h2-49H2,1H3;1H2. The molecule has 0 amide bonds. The van der Waals surface area contributed by atoms with Crippen molar-refractivity contribution in [2.75, 3.05) is 6.54 Å². The molecule has 0 spiro atoms. The summed E-state index contributed by atoms with van der Waals surface area (Å²) in [6.45, 7) is 3.44. The van der Waals surface area contributed by atoms with E-state index in [1.807, 2.05) is 0 Å². The van der Waals surface area contributed by atoms with Gasteiger partial charge < -0.3 is 11.2 Å². The van der Waals surface area contributed by atoms with Crippen molar-refractivity contribution in [1.82, 2.24) is 0 Å². The summed E-state index contributed by atoms with van der Waals surface area (Å²) < 4.78 is 0. The van der Waals surface area contributed by atoms with Gasteiger partial charge in [-0.3, -0.25) is 0 Å². The van der Waals surface area contributed by atoms with Crippen LogP contribution in [0.25, 0.3) is 0 Å². The van der Waals surface area contributed by atoms with Crippen molar-refractivity contribution in [3.8, 4) is 0 Å². The van der Waals surface area contributed by atoms with Crippen LogP contribution in [-0.4, -0.2) is 12.0 Å². The normalized spacial score (nSPS) is 11.4. The van der Waals surface area contributed by atoms with E-state index >= 15 is 0 Å². The first-order valence-electron chi connectivity index (χ1n) is 24.2. The minimum absolute atomic E-state index is 0. The van der Waals surface area contributed by atoms with Crippen molar-refractivity contribution in [3.63, 3.8) is 0 Å². The molecule has 0 aromatic carbocycles. The van der Waals surface area contributed by atoms with Crippen LogP contribution in [0.3, 0.4) is 0 Å². The van der Waals surface area contributed by atoms with Gasteiger partial charge in [-0.05, 0) is 12.8 Å². The van der Waals surface area contributed by atoms with Crippen LogP contribution in [0.15, 0.2) is 0 Å². The van der Waals surface area contributed by atoms with Crippen LogP contribution in [0.2, 0.25) is 0 Å². The molecule has 0 aliphatic carbocycles. The Morgan fingerprint density at radius 1 is 0.180 bits per heavy atom. The molecule has 0 saturated carbocycles. The molecule has 0 saturated heterocycles. The summed E-state index contributed by atoms with van der Waals surface area (Å²) in [4.78, 5) is 0. The predicted octanol–water partition coefficient (Wildman–Crippen LogP) is 17.0. The maximum absolute atomic E-state index is 3.94. The topological polar surface area (TPSA) is 57.6 Å². The van der Waals surface area contributed by atoms with Gasteiger partial charge >= 0.3 is 0 Å². The fourth-order valence-corrected chi connectivity index (χ4v) is 8.03. The number of hydrogen-bond donors (Lipinski definition) is 1. The number of hydrogen-bond acceptors (Lipinski definition) is 1. The minimum atomic E-state index is 0. The van der Waals surface area contributed by atoms with Gasteiger partial charge in [0.15, 0.2) is 0 Å². The van der Waals surface area contributed by atoms with Crippen LogP contribution in [0.1, 0.15) is 302 Å². The first kappa shape index (κ1) is 52.0. The smallest absolute Gasteiger partial charge is 0.0739 e. The van der Waals surface area contributed by atoms with Gasteiger partial charge in [-0.15, -0.1) is 0 Å². The molecule has 0 atom stereocenters. The molecule has 2 heteroatoms. The lowest BCUT2D eigenvalue weighted by molar-refractivity contribution is -0.368. The van der Waals surface area contributed by atoms with Crippen LogP contribution < -0.4 is 5.73 Å². The molecule has 0 aliphatic rings. The van der Waals surface area contributed by atoms with Crippen LogP contribution in [0.5, 0.6) is 0 Å². The van der Waals surface area contributed by atoms with E-state index in [4.69, 9.17) is 0 Å². The highest BCUT2D eigenvalue weighted by Crippen LogP contribution is 2.18. The van der Waals surface area contributed by atoms with Crippen molar-refractivity contribution < 1.29 is 11.2 Å². The lowest BCUT2D eigenvalue weighted by atomic mass is 10.0. The second kappa shape index (κ2) is 51.0. The summed E-state index contributed by atoms with van der Waals surface area (Å²) in [5, 5.41) is 0. The summed E-state index contributed by atoms with van der Waals surface area (Å²) >= 11 is 0. The molecule has 304 valence electrons. The third-order valence-electron chi connectivity index (χ3n) is 11.6. The van der Waals surface area contributed by atoms with Crippen LogP contribution in [0, 0.1) is 0 Å². The second-order valence-electron chi connectivity index (χ2n) is 16.8. The molecule has 0 unspecified atom stereocenters. The van der Waals surface area contributed by atoms with E-state index in [1.165, 1.54) is 295 Å². The largest absolute Gasteiger partial charge is 0.870 e. The summed E-state index contributed by atoms with van der Waals surface area (Å²) in [5.41, 5.74) is 3.94. The Hall–Kier alpha value is -0.0800. The SMILES string of the molecule is CCCCCCCCCCCCCCCCCCCCCCCCCCCCCCCCCCCCCCCCCCCCCCCC[NH3+].[OH-]. The van der Waals surface area contributed by atoms with Crippen molar-refractivity contribution in [1.29, 1.82) is 0 Å². The third kappa shape index (κ3) is 50.0. The van der Waals surface area contributed by atoms with E-state index in [1.54, 1.807) is 0 Å². The zero-order valence-corrected chi connectivity index (χ0v) is 35.4. The lowest BCUT2D eigenvalue weighted by Crippen LogP contribution is -2.50. The zero-order valence-electron chi connectivity index (χ0n) is 35.4. The van der Waals surface area contributed by atoms with Crippen LogP contribution >= 0.6 is 0 Å². The molecule has 0 fully saturated rings. The van der Waals surface area contributed by atoms with Crippen molar-refractivity contribution in [3.05, 3.63) is 0 Å². The molecule has 0 bridgehead atoms. The molecule has 0 rings (SSSR count). The molecule has 0 aromatic rings. The second-order valence-corrected chi connectivity index (χ2v) is 16.8. The van der Waals surface area contributed by atoms with Crippen LogP contribution in [0.4, 0.5) is 0 Å². The number of quaternary nitrogens is 1. The van der Waals surface area contributed by atoms with Gasteiger partial charge in [0.25, 0.3) is 0 Å². The number of unbranched alkanes of at least 4 members (excludes halogenated alkanes) is 45. The van der Waals surface area contributed by atoms with Crippen molar-refractivity contribution in [2.45, 2.75) is 302 Å². The monoisotopic (exact) mass is 708 g/mol. The van der Waals surface area contributed by atoms with Gasteiger partial charge in [-0.2, -0.15) is 0 Å². The van der Waals surface area contributed by atoms with Crippen molar-refractivity contribution >= 4 is 0 Å². The van der Waals surface area contributed by atoms with Gasteiger partial charge in [0.05, 0.1) is 6.54 Å². The predicted molar refractivity (Wildman–Crippen MR) is 228 cm³/mol. The Morgan fingerprint density at radius 3 is 0.380 bits per heavy atom. The molecule has 0 aliphatic heterocycles. The Morgan fingerprint density at radius 2 is 0.280 bits per heavy atom. The highest BCUT2D eigenvalue weighted by atomic mass is 16.0. The molecule has 0 aromatic heterocycles. The van der Waals surface area contributed by atoms with Crippen molar-refractivity contribution in [2.24, 2.45) is 0 Å². The molecule has 2 nitrogen and oxygen atoms in total. The van der Waals surface area contributed by atoms with Gasteiger partial charge in [-0.1, -0.05) is 289 Å². The molecule has 50 heavy (non-hydrogen) atoms. The van der Waals surface area contributed by atoms with E-state index < -0.39 is 0 Å². The van der Waals surface area contributed by atoms with Crippen LogP contribution in [-0.2, 0) is 0 Å². The summed E-state index contributed by atoms with van der Waals surface area (Å²) in [6.07, 6.45) is 68.1. The Balaban J connectivity index is 0. The van der Waals surface area contributed by atoms with Gasteiger partial charge in [-0.25, -0.2) is 0 Å². The molecule has 0 heterocycles. The average Bonchev–Trinajstić information content (AvgIpc) is 3.11. The van der Waals surface area contributed by atoms with E-state index in [9.17, 15) is 0 Å². The number of rotatable bonds is 46. The highest BCUT2D eigenvalue weighted by Gasteiger charge is 1.98. The van der Waals surface area contributed by atoms with E-state index in [-0.39, 0.29) is 5.48 Å². The Kier molecular flexibility index (Phi) is 53.1. The quantitative estimate of drug-likeness (QED) is 0.0629. The van der Waals surface area contributed by atoms with Gasteiger partial charge in [0, 0.05) is 0 Å². The summed E-state index contributed by atoms with van der Waals surface area (Å²) in [6, 6.07) is 0. The lowest BCUT2D eigenvalue weighted by Gasteiger charge is -2.05. The highest BCUT2D eigenvalue weighted by molar-refractivity contribution is 4.54. The van der Waals surface area contributed by atoms with Gasteiger partial charge in [0.2, 0.25) is 0 Å². The summed E-state index contributed by atoms with van der Waals surface area (Å²) in [5.74, 6) is 0. The summed E-state index contributed by atoms with van der Waals surface area (Å²) in [7, 11) is 0. The van der Waals surface area contributed by atoms with Gasteiger partial charge in [0.1, 0.15) is 0 Å². The van der Waals surface area contributed by atoms with E-state index in [2.05, 4.69) is 12.7 Å². The minimum Gasteiger partial charge on any atom is -0.870 e. The average molecular weight is 708 g/mol. The maximum Gasteiger partial charge on any atom is 0.0739 e. The molecular weight excluding hydrogens is 607 g/mol. The fourth-order valence-electron chi connectivity index (χ4n) is 8.03. The Labute approximate surface area is 319 Å². The Bertz CT molecular complexity index is 490. The molecule has 4 N–H and O–H groups in total. The first-order chi connectivity index (χ1) is 24.4. The zero-order chi connectivity index (χ0) is 35.2.